The van der Waals surface area contributed by atoms with Crippen molar-refractivity contribution in [2.45, 2.75) is 50.0 Å². The van der Waals surface area contributed by atoms with Gasteiger partial charge >= 0.3 is 0 Å². The second kappa shape index (κ2) is 8.43. The van der Waals surface area contributed by atoms with Gasteiger partial charge in [0, 0.05) is 31.9 Å². The van der Waals surface area contributed by atoms with Crippen LogP contribution >= 0.6 is 11.6 Å². The van der Waals surface area contributed by atoms with Crippen molar-refractivity contribution in [1.82, 2.24) is 9.55 Å². The zero-order valence-corrected chi connectivity index (χ0v) is 18.9. The molecule has 2 N–H and O–H groups in total. The van der Waals surface area contributed by atoms with Gasteiger partial charge in [-0.05, 0) is 74.5 Å². The number of aliphatic hydroxyl groups is 1. The summed E-state index contributed by atoms with van der Waals surface area (Å²) in [5.41, 5.74) is 1.20. The lowest BCUT2D eigenvalue weighted by Crippen LogP contribution is -2.39. The standard InChI is InChI=1S/C24H29ClFN3O3/c1-29-13-27-21(22(29)23(30)28-18-2-3-20(26)19(25)10-18)14-8-15-11-24(31,12-16(15)9-14)17-4-6-32-7-5-17/h2-3,10,13-17,31H,4-9,11-12H2,1H3,(H,28,30). The van der Waals surface area contributed by atoms with E-state index < -0.39 is 11.4 Å². The summed E-state index contributed by atoms with van der Waals surface area (Å²) < 4.78 is 20.7. The number of nitrogens with one attached hydrogen (secondary N) is 1. The molecule has 3 aliphatic rings. The number of hydrogen-bond donors (Lipinski definition) is 2. The molecular formula is C24H29ClFN3O3. The summed E-state index contributed by atoms with van der Waals surface area (Å²) in [6.07, 6.45) is 7.11. The molecule has 2 unspecified atom stereocenters. The highest BCUT2D eigenvalue weighted by Gasteiger charge is 2.52. The molecular weight excluding hydrogens is 433 g/mol. The Hall–Kier alpha value is -1.96. The van der Waals surface area contributed by atoms with Gasteiger partial charge in [-0.2, -0.15) is 0 Å². The van der Waals surface area contributed by atoms with Gasteiger partial charge in [0.05, 0.1) is 22.6 Å². The maximum Gasteiger partial charge on any atom is 0.274 e. The van der Waals surface area contributed by atoms with Crippen LogP contribution in [0.25, 0.3) is 0 Å². The van der Waals surface area contributed by atoms with E-state index in [2.05, 4.69) is 10.3 Å². The van der Waals surface area contributed by atoms with Gasteiger partial charge in [0.2, 0.25) is 0 Å². The maximum absolute atomic E-state index is 13.4. The van der Waals surface area contributed by atoms with Crippen molar-refractivity contribution in [3.05, 3.63) is 46.8 Å². The van der Waals surface area contributed by atoms with Gasteiger partial charge in [-0.25, -0.2) is 9.37 Å². The van der Waals surface area contributed by atoms with Crippen molar-refractivity contribution >= 4 is 23.2 Å². The zero-order valence-electron chi connectivity index (χ0n) is 18.2. The Kier molecular flexibility index (Phi) is 5.76. The third-order valence-corrected chi connectivity index (χ3v) is 8.09. The fraction of sp³-hybridized carbons (Fsp3) is 0.583. The summed E-state index contributed by atoms with van der Waals surface area (Å²) in [6.45, 7) is 1.49. The first kappa shape index (κ1) is 21.9. The van der Waals surface area contributed by atoms with Gasteiger partial charge in [-0.1, -0.05) is 11.6 Å². The van der Waals surface area contributed by atoms with Gasteiger partial charge in [0.25, 0.3) is 5.91 Å². The van der Waals surface area contributed by atoms with E-state index in [9.17, 15) is 14.3 Å². The van der Waals surface area contributed by atoms with Crippen LogP contribution in [0.1, 0.15) is 60.6 Å². The number of carbonyl (C=O) groups excluding carboxylic acids is 1. The molecule has 0 bridgehead atoms. The molecule has 0 spiro atoms. The van der Waals surface area contributed by atoms with Gasteiger partial charge in [-0.3, -0.25) is 4.79 Å². The lowest BCUT2D eigenvalue weighted by molar-refractivity contribution is -0.0659. The summed E-state index contributed by atoms with van der Waals surface area (Å²) in [5, 5.41) is 14.1. The second-order valence-electron chi connectivity index (χ2n) is 9.76. The van der Waals surface area contributed by atoms with Crippen LogP contribution in [0.5, 0.6) is 0 Å². The van der Waals surface area contributed by atoms with E-state index in [4.69, 9.17) is 16.3 Å². The first-order valence-corrected chi connectivity index (χ1v) is 11.8. The molecule has 3 fully saturated rings. The highest BCUT2D eigenvalue weighted by Crippen LogP contribution is 2.56. The van der Waals surface area contributed by atoms with Crippen LogP contribution in [0.15, 0.2) is 24.5 Å². The fourth-order valence-electron chi connectivity index (χ4n) is 6.28. The molecule has 1 aromatic heterocycles. The highest BCUT2D eigenvalue weighted by atomic mass is 35.5. The maximum atomic E-state index is 13.4. The molecule has 1 saturated heterocycles. The minimum atomic E-state index is -0.573. The Balaban J connectivity index is 1.29. The molecule has 32 heavy (non-hydrogen) atoms. The van der Waals surface area contributed by atoms with E-state index in [-0.39, 0.29) is 16.8 Å². The number of imidazole rings is 1. The molecule has 6 nitrogen and oxygen atoms in total. The van der Waals surface area contributed by atoms with Gasteiger partial charge in [-0.15, -0.1) is 0 Å². The minimum absolute atomic E-state index is 0.0336. The quantitative estimate of drug-likeness (QED) is 0.701. The highest BCUT2D eigenvalue weighted by molar-refractivity contribution is 6.31. The number of halogens is 2. The SMILES string of the molecule is Cn1cnc(C2CC3CC(O)(C4CCOCC4)CC3C2)c1C(=O)Nc1ccc(F)c(Cl)c1. The molecule has 1 amide bonds. The monoisotopic (exact) mass is 461 g/mol. The number of carbonyl (C=O) groups is 1. The van der Waals surface area contributed by atoms with E-state index in [1.165, 1.54) is 18.2 Å². The fourth-order valence-corrected chi connectivity index (χ4v) is 6.46. The number of fused-ring (bicyclic) bond motifs is 1. The Morgan fingerprint density at radius 2 is 1.97 bits per heavy atom. The van der Waals surface area contributed by atoms with E-state index in [0.717, 1.165) is 57.4 Å². The summed E-state index contributed by atoms with van der Waals surface area (Å²) in [6, 6.07) is 4.13. The number of ether oxygens (including phenoxy) is 1. The Labute approximate surface area is 192 Å². The van der Waals surface area contributed by atoms with Gasteiger partial charge in [0.1, 0.15) is 11.5 Å². The zero-order chi connectivity index (χ0) is 22.5. The summed E-state index contributed by atoms with van der Waals surface area (Å²) >= 11 is 5.85. The van der Waals surface area contributed by atoms with Crippen molar-refractivity contribution in [2.75, 3.05) is 18.5 Å². The Morgan fingerprint density at radius 3 is 2.62 bits per heavy atom. The van der Waals surface area contributed by atoms with Gasteiger partial charge < -0.3 is 19.7 Å². The van der Waals surface area contributed by atoms with Crippen LogP contribution in [0.2, 0.25) is 5.02 Å². The third kappa shape index (κ3) is 3.95. The molecule has 8 heteroatoms. The minimum Gasteiger partial charge on any atom is -0.390 e. The average Bonchev–Trinajstić information content (AvgIpc) is 3.42. The first-order valence-electron chi connectivity index (χ1n) is 11.4. The number of amides is 1. The lowest BCUT2D eigenvalue weighted by Gasteiger charge is -2.36. The molecule has 2 aliphatic carbocycles. The number of nitrogens with zero attached hydrogens (tertiary/aromatic N) is 2. The molecule has 2 aromatic rings. The molecule has 5 rings (SSSR count). The molecule has 1 aliphatic heterocycles. The summed E-state index contributed by atoms with van der Waals surface area (Å²) in [7, 11) is 1.81. The summed E-state index contributed by atoms with van der Waals surface area (Å²) in [5.74, 6) is 0.646. The topological polar surface area (TPSA) is 76.4 Å². The normalized spacial score (nSPS) is 30.4. The molecule has 1 aromatic carbocycles. The number of benzene rings is 1. The summed E-state index contributed by atoms with van der Waals surface area (Å²) in [4.78, 5) is 17.6. The molecule has 2 saturated carbocycles. The van der Waals surface area contributed by atoms with Crippen LogP contribution in [-0.4, -0.2) is 39.4 Å². The van der Waals surface area contributed by atoms with Crippen LogP contribution < -0.4 is 5.32 Å². The van der Waals surface area contributed by atoms with Crippen molar-refractivity contribution in [3.63, 3.8) is 0 Å². The Morgan fingerprint density at radius 1 is 1.28 bits per heavy atom. The van der Waals surface area contributed by atoms with E-state index in [0.29, 0.717) is 29.1 Å². The van der Waals surface area contributed by atoms with E-state index in [1.54, 1.807) is 10.9 Å². The number of anilines is 1. The van der Waals surface area contributed by atoms with Gasteiger partial charge in [0.15, 0.2) is 0 Å². The predicted octanol–water partition coefficient (Wildman–Crippen LogP) is 4.53. The molecule has 2 atom stereocenters. The molecule has 0 radical (unpaired) electrons. The number of hydrogen-bond acceptors (Lipinski definition) is 4. The number of aromatic nitrogens is 2. The number of rotatable bonds is 4. The molecule has 2 heterocycles. The van der Waals surface area contributed by atoms with E-state index in [1.807, 2.05) is 7.05 Å². The Bertz CT molecular complexity index is 1010. The second-order valence-corrected chi connectivity index (χ2v) is 10.2. The van der Waals surface area contributed by atoms with E-state index >= 15 is 0 Å². The first-order chi connectivity index (χ1) is 15.3. The lowest BCUT2D eigenvalue weighted by atomic mass is 9.78. The van der Waals surface area contributed by atoms with Crippen molar-refractivity contribution in [3.8, 4) is 0 Å². The van der Waals surface area contributed by atoms with Crippen LogP contribution in [0, 0.1) is 23.6 Å². The molecule has 172 valence electrons. The van der Waals surface area contributed by atoms with Crippen molar-refractivity contribution in [1.29, 1.82) is 0 Å². The van der Waals surface area contributed by atoms with Crippen molar-refractivity contribution < 1.29 is 19.0 Å². The predicted molar refractivity (Wildman–Crippen MR) is 119 cm³/mol. The van der Waals surface area contributed by atoms with Crippen molar-refractivity contribution in [2.24, 2.45) is 24.8 Å². The third-order valence-electron chi connectivity index (χ3n) is 7.80. The van der Waals surface area contributed by atoms with Crippen LogP contribution in [0.4, 0.5) is 10.1 Å². The van der Waals surface area contributed by atoms with Crippen LogP contribution in [-0.2, 0) is 11.8 Å². The van der Waals surface area contributed by atoms with Crippen LogP contribution in [0.3, 0.4) is 0 Å². The smallest absolute Gasteiger partial charge is 0.274 e. The largest absolute Gasteiger partial charge is 0.390 e. The average molecular weight is 462 g/mol. The number of aryl methyl sites for hydroxylation is 1.